The summed E-state index contributed by atoms with van der Waals surface area (Å²) >= 11 is 1.60. The minimum Gasteiger partial charge on any atom is -0.352 e. The molecule has 126 valence electrons. The third-order valence-corrected chi connectivity index (χ3v) is 5.69. The summed E-state index contributed by atoms with van der Waals surface area (Å²) in [6.45, 7) is 2.57. The number of nitrogens with one attached hydrogen (secondary N) is 1. The SMILES string of the molecule is Cc1ccccc1CNC(=O)[C@H]1CCC(=O)N(C)[C@H]1c1cccs1. The molecule has 1 saturated heterocycles. The van der Waals surface area contributed by atoms with Crippen LogP contribution in [0.5, 0.6) is 0 Å². The molecular weight excluding hydrogens is 320 g/mol. The molecule has 0 radical (unpaired) electrons. The minimum absolute atomic E-state index is 0.0241. The molecule has 1 fully saturated rings. The number of carbonyl (C=O) groups is 2. The van der Waals surface area contributed by atoms with E-state index in [1.165, 1.54) is 5.56 Å². The number of hydrogen-bond donors (Lipinski definition) is 1. The standard InChI is InChI=1S/C19H22N2O2S/c1-13-6-3-4-7-14(13)12-20-19(23)15-9-10-17(22)21(2)18(15)16-8-5-11-24-16/h3-8,11,15,18H,9-10,12H2,1-2H3,(H,20,23)/t15-,18+/m0/s1. The van der Waals surface area contributed by atoms with E-state index in [-0.39, 0.29) is 23.8 Å². The Balaban J connectivity index is 1.74. The molecule has 5 heteroatoms. The fourth-order valence-electron chi connectivity index (χ4n) is 3.28. The van der Waals surface area contributed by atoms with Crippen LogP contribution < -0.4 is 5.32 Å². The smallest absolute Gasteiger partial charge is 0.225 e. The third-order valence-electron chi connectivity index (χ3n) is 4.75. The van der Waals surface area contributed by atoms with Gasteiger partial charge < -0.3 is 10.2 Å². The number of carbonyl (C=O) groups excluding carboxylic acids is 2. The predicted molar refractivity (Wildman–Crippen MR) is 95.6 cm³/mol. The maximum absolute atomic E-state index is 12.8. The van der Waals surface area contributed by atoms with Gasteiger partial charge in [-0.3, -0.25) is 9.59 Å². The van der Waals surface area contributed by atoms with Gasteiger partial charge in [-0.15, -0.1) is 11.3 Å². The van der Waals surface area contributed by atoms with E-state index in [1.54, 1.807) is 23.3 Å². The van der Waals surface area contributed by atoms with Crippen LogP contribution >= 0.6 is 11.3 Å². The highest BCUT2D eigenvalue weighted by molar-refractivity contribution is 7.10. The first-order valence-electron chi connectivity index (χ1n) is 8.19. The maximum Gasteiger partial charge on any atom is 0.225 e. The molecule has 4 nitrogen and oxygen atoms in total. The van der Waals surface area contributed by atoms with Gasteiger partial charge in [0, 0.05) is 24.9 Å². The normalized spacial score (nSPS) is 20.9. The van der Waals surface area contributed by atoms with E-state index in [4.69, 9.17) is 0 Å². The number of likely N-dealkylation sites (tertiary alicyclic amines) is 1. The summed E-state index contributed by atoms with van der Waals surface area (Å²) in [5.74, 6) is -0.0669. The molecule has 2 amide bonds. The van der Waals surface area contributed by atoms with Gasteiger partial charge in [0.15, 0.2) is 0 Å². The Labute approximate surface area is 146 Å². The molecule has 1 aromatic carbocycles. The van der Waals surface area contributed by atoms with Gasteiger partial charge in [-0.25, -0.2) is 0 Å². The van der Waals surface area contributed by atoms with Gasteiger partial charge in [-0.05, 0) is 35.9 Å². The fourth-order valence-corrected chi connectivity index (χ4v) is 4.22. The molecule has 0 aliphatic carbocycles. The van der Waals surface area contributed by atoms with Crippen LogP contribution in [0.1, 0.15) is 34.9 Å². The Morgan fingerprint density at radius 1 is 1.29 bits per heavy atom. The van der Waals surface area contributed by atoms with Crippen molar-refractivity contribution < 1.29 is 9.59 Å². The lowest BCUT2D eigenvalue weighted by atomic mass is 9.87. The van der Waals surface area contributed by atoms with Crippen LogP contribution in [0, 0.1) is 12.8 Å². The molecule has 0 spiro atoms. The molecule has 2 heterocycles. The fraction of sp³-hybridized carbons (Fsp3) is 0.368. The minimum atomic E-state index is -0.199. The first-order valence-corrected chi connectivity index (χ1v) is 9.07. The van der Waals surface area contributed by atoms with Crippen molar-refractivity contribution in [1.29, 1.82) is 0 Å². The van der Waals surface area contributed by atoms with E-state index in [9.17, 15) is 9.59 Å². The Morgan fingerprint density at radius 3 is 2.79 bits per heavy atom. The number of aryl methyl sites for hydroxylation is 1. The number of benzene rings is 1. The highest BCUT2D eigenvalue weighted by atomic mass is 32.1. The van der Waals surface area contributed by atoms with Crippen LogP contribution in [0.15, 0.2) is 41.8 Å². The lowest BCUT2D eigenvalue weighted by Crippen LogP contribution is -2.46. The molecule has 1 aliphatic heterocycles. The van der Waals surface area contributed by atoms with E-state index >= 15 is 0 Å². The Hall–Kier alpha value is -2.14. The van der Waals surface area contributed by atoms with Crippen molar-refractivity contribution >= 4 is 23.2 Å². The molecule has 2 aromatic rings. The lowest BCUT2D eigenvalue weighted by molar-refractivity contribution is -0.141. The van der Waals surface area contributed by atoms with Crippen LogP contribution in [-0.4, -0.2) is 23.8 Å². The summed E-state index contributed by atoms with van der Waals surface area (Å²) in [5, 5.41) is 5.06. The van der Waals surface area contributed by atoms with E-state index in [0.29, 0.717) is 19.4 Å². The number of amides is 2. The molecule has 3 rings (SSSR count). The van der Waals surface area contributed by atoms with Crippen LogP contribution in [0.3, 0.4) is 0 Å². The molecule has 0 bridgehead atoms. The molecule has 1 aromatic heterocycles. The second-order valence-electron chi connectivity index (χ2n) is 6.25. The Morgan fingerprint density at radius 2 is 2.08 bits per heavy atom. The van der Waals surface area contributed by atoms with Crippen molar-refractivity contribution in [3.63, 3.8) is 0 Å². The zero-order chi connectivity index (χ0) is 17.1. The summed E-state index contributed by atoms with van der Waals surface area (Å²) in [6.07, 6.45) is 1.03. The number of hydrogen-bond acceptors (Lipinski definition) is 3. The highest BCUT2D eigenvalue weighted by Crippen LogP contribution is 2.37. The van der Waals surface area contributed by atoms with Gasteiger partial charge in [0.2, 0.25) is 11.8 Å². The van der Waals surface area contributed by atoms with Crippen LogP contribution in [-0.2, 0) is 16.1 Å². The molecule has 0 unspecified atom stereocenters. The number of nitrogens with zero attached hydrogens (tertiary/aromatic N) is 1. The van der Waals surface area contributed by atoms with Gasteiger partial charge in [0.25, 0.3) is 0 Å². The molecule has 2 atom stereocenters. The average molecular weight is 342 g/mol. The predicted octanol–water partition coefficient (Wildman–Crippen LogP) is 3.28. The van der Waals surface area contributed by atoms with Gasteiger partial charge in [0.05, 0.1) is 12.0 Å². The van der Waals surface area contributed by atoms with Crippen LogP contribution in [0.25, 0.3) is 0 Å². The Kier molecular flexibility index (Phi) is 5.00. The summed E-state index contributed by atoms with van der Waals surface area (Å²) in [5.41, 5.74) is 2.29. The van der Waals surface area contributed by atoms with E-state index in [2.05, 4.69) is 5.32 Å². The van der Waals surface area contributed by atoms with Crippen molar-refractivity contribution in [2.75, 3.05) is 7.05 Å². The zero-order valence-corrected chi connectivity index (χ0v) is 14.8. The molecule has 1 N–H and O–H groups in total. The van der Waals surface area contributed by atoms with Gasteiger partial charge in [-0.2, -0.15) is 0 Å². The van der Waals surface area contributed by atoms with Gasteiger partial charge >= 0.3 is 0 Å². The number of rotatable bonds is 4. The van der Waals surface area contributed by atoms with Gasteiger partial charge in [0.1, 0.15) is 0 Å². The zero-order valence-electron chi connectivity index (χ0n) is 14.0. The van der Waals surface area contributed by atoms with Crippen LogP contribution in [0.2, 0.25) is 0 Å². The van der Waals surface area contributed by atoms with Crippen molar-refractivity contribution in [2.24, 2.45) is 5.92 Å². The highest BCUT2D eigenvalue weighted by Gasteiger charge is 2.39. The second kappa shape index (κ2) is 7.18. The molecule has 0 saturated carbocycles. The summed E-state index contributed by atoms with van der Waals surface area (Å²) < 4.78 is 0. The molecule has 24 heavy (non-hydrogen) atoms. The monoisotopic (exact) mass is 342 g/mol. The van der Waals surface area contributed by atoms with Crippen molar-refractivity contribution in [1.82, 2.24) is 10.2 Å². The Bertz CT molecular complexity index is 727. The number of piperidine rings is 1. The quantitative estimate of drug-likeness (QED) is 0.927. The van der Waals surface area contributed by atoms with Crippen molar-refractivity contribution in [3.8, 4) is 0 Å². The van der Waals surface area contributed by atoms with E-state index in [1.807, 2.05) is 48.7 Å². The van der Waals surface area contributed by atoms with Crippen molar-refractivity contribution in [3.05, 3.63) is 57.8 Å². The largest absolute Gasteiger partial charge is 0.352 e. The van der Waals surface area contributed by atoms with Crippen molar-refractivity contribution in [2.45, 2.75) is 32.4 Å². The second-order valence-corrected chi connectivity index (χ2v) is 7.23. The lowest BCUT2D eigenvalue weighted by Gasteiger charge is -2.37. The molecule has 1 aliphatic rings. The van der Waals surface area contributed by atoms with Gasteiger partial charge in [-0.1, -0.05) is 30.3 Å². The van der Waals surface area contributed by atoms with E-state index < -0.39 is 0 Å². The third kappa shape index (κ3) is 3.36. The maximum atomic E-state index is 12.8. The first kappa shape index (κ1) is 16.7. The van der Waals surface area contributed by atoms with E-state index in [0.717, 1.165) is 10.4 Å². The summed E-state index contributed by atoms with van der Waals surface area (Å²) in [6, 6.07) is 11.9. The first-order chi connectivity index (χ1) is 11.6. The number of thiophene rings is 1. The average Bonchev–Trinajstić information content (AvgIpc) is 3.10. The molecular formula is C19H22N2O2S. The topological polar surface area (TPSA) is 49.4 Å². The summed E-state index contributed by atoms with van der Waals surface area (Å²) in [4.78, 5) is 27.7. The van der Waals surface area contributed by atoms with Crippen LogP contribution in [0.4, 0.5) is 0 Å². The summed E-state index contributed by atoms with van der Waals surface area (Å²) in [7, 11) is 1.80.